The Labute approximate surface area is 145 Å². The van der Waals surface area contributed by atoms with Crippen molar-refractivity contribution >= 4 is 28.5 Å². The molecule has 0 saturated carbocycles. The van der Waals surface area contributed by atoms with E-state index in [1.807, 2.05) is 47.9 Å². The molecule has 0 radical (unpaired) electrons. The summed E-state index contributed by atoms with van der Waals surface area (Å²) in [5.41, 5.74) is 10.5. The predicted molar refractivity (Wildman–Crippen MR) is 97.0 cm³/mol. The van der Waals surface area contributed by atoms with Crippen LogP contribution in [0.3, 0.4) is 0 Å². The van der Waals surface area contributed by atoms with Gasteiger partial charge in [-0.2, -0.15) is 0 Å². The number of carbonyl (C=O) groups excluding carboxylic acids is 1. The maximum Gasteiger partial charge on any atom is 0.231 e. The smallest absolute Gasteiger partial charge is 0.231 e. The summed E-state index contributed by atoms with van der Waals surface area (Å²) < 4.78 is 2.01. The number of hydrogen-bond donors (Lipinski definition) is 1. The number of aromatic nitrogens is 2. The first-order chi connectivity index (χ1) is 12.1. The highest BCUT2D eigenvalue weighted by molar-refractivity contribution is 5.98. The van der Waals surface area contributed by atoms with E-state index in [1.54, 1.807) is 7.05 Å². The molecule has 3 aromatic rings. The number of imidazole rings is 1. The van der Waals surface area contributed by atoms with Gasteiger partial charge >= 0.3 is 0 Å². The van der Waals surface area contributed by atoms with Crippen molar-refractivity contribution in [2.45, 2.75) is 19.4 Å². The number of amides is 1. The van der Waals surface area contributed by atoms with Crippen LogP contribution in [0.4, 0.5) is 0 Å². The van der Waals surface area contributed by atoms with E-state index in [9.17, 15) is 4.79 Å². The molecule has 1 amide bonds. The third kappa shape index (κ3) is 2.50. The largest absolute Gasteiger partial charge is 0.369 e. The number of guanidine groups is 1. The summed E-state index contributed by atoms with van der Waals surface area (Å²) in [4.78, 5) is 22.5. The van der Waals surface area contributed by atoms with Crippen molar-refractivity contribution < 1.29 is 4.79 Å². The van der Waals surface area contributed by atoms with E-state index in [0.29, 0.717) is 6.42 Å². The number of hydrogen-bond acceptors (Lipinski definition) is 4. The van der Waals surface area contributed by atoms with Crippen molar-refractivity contribution in [1.82, 2.24) is 14.3 Å². The molecule has 4 rings (SSSR count). The van der Waals surface area contributed by atoms with Crippen LogP contribution in [-0.4, -0.2) is 33.2 Å². The van der Waals surface area contributed by atoms with Crippen molar-refractivity contribution in [2.75, 3.05) is 7.05 Å². The van der Waals surface area contributed by atoms with Gasteiger partial charge in [0.25, 0.3) is 0 Å². The molecule has 1 unspecified atom stereocenters. The van der Waals surface area contributed by atoms with Crippen molar-refractivity contribution in [1.29, 1.82) is 0 Å². The van der Waals surface area contributed by atoms with Gasteiger partial charge in [0.05, 0.1) is 23.5 Å². The first-order valence-electron chi connectivity index (χ1n) is 8.01. The van der Waals surface area contributed by atoms with E-state index in [4.69, 9.17) is 5.73 Å². The molecule has 25 heavy (non-hydrogen) atoms. The van der Waals surface area contributed by atoms with Gasteiger partial charge in [0, 0.05) is 18.8 Å². The fourth-order valence-electron chi connectivity index (χ4n) is 3.06. The SMILES string of the molecule is CC#Cc1ccc2nc3ccc(C4CC(=O)N(C)C(N)=N4)cn3c2c1. The molecular formula is C19H17N5O. The van der Waals surface area contributed by atoms with Gasteiger partial charge in [0.2, 0.25) is 5.91 Å². The van der Waals surface area contributed by atoms with Crippen molar-refractivity contribution in [3.05, 3.63) is 47.7 Å². The highest BCUT2D eigenvalue weighted by Gasteiger charge is 2.26. The normalized spacial score (nSPS) is 17.5. The zero-order valence-corrected chi connectivity index (χ0v) is 14.0. The molecule has 2 aromatic heterocycles. The fourth-order valence-corrected chi connectivity index (χ4v) is 3.06. The summed E-state index contributed by atoms with van der Waals surface area (Å²) in [6, 6.07) is 9.57. The molecule has 6 nitrogen and oxygen atoms in total. The van der Waals surface area contributed by atoms with Crippen LogP contribution >= 0.6 is 0 Å². The first kappa shape index (κ1) is 15.2. The topological polar surface area (TPSA) is 76.0 Å². The van der Waals surface area contributed by atoms with Crippen molar-refractivity contribution in [3.8, 4) is 11.8 Å². The molecule has 0 fully saturated rings. The number of nitrogens with two attached hydrogens (primary N) is 1. The lowest BCUT2D eigenvalue weighted by Crippen LogP contribution is -2.42. The van der Waals surface area contributed by atoms with E-state index >= 15 is 0 Å². The highest BCUT2D eigenvalue weighted by Crippen LogP contribution is 2.27. The second-order valence-electron chi connectivity index (χ2n) is 6.04. The highest BCUT2D eigenvalue weighted by atomic mass is 16.2. The minimum absolute atomic E-state index is 0.0337. The van der Waals surface area contributed by atoms with E-state index in [2.05, 4.69) is 21.8 Å². The third-order valence-corrected chi connectivity index (χ3v) is 4.45. The summed E-state index contributed by atoms with van der Waals surface area (Å²) in [5, 5.41) is 0. The lowest BCUT2D eigenvalue weighted by Gasteiger charge is -2.25. The number of nitrogens with zero attached hydrogens (tertiary/aromatic N) is 4. The lowest BCUT2D eigenvalue weighted by atomic mass is 10.0. The van der Waals surface area contributed by atoms with Crippen LogP contribution in [-0.2, 0) is 4.79 Å². The van der Waals surface area contributed by atoms with Gasteiger partial charge in [-0.05, 0) is 36.8 Å². The van der Waals surface area contributed by atoms with Crippen molar-refractivity contribution in [2.24, 2.45) is 10.7 Å². The summed E-state index contributed by atoms with van der Waals surface area (Å²) in [5.74, 6) is 6.20. The molecule has 1 aromatic carbocycles. The number of fused-ring (bicyclic) bond motifs is 3. The Hall–Kier alpha value is -3.33. The van der Waals surface area contributed by atoms with Crippen LogP contribution < -0.4 is 5.73 Å². The fraction of sp³-hybridized carbons (Fsp3) is 0.211. The first-order valence-corrected chi connectivity index (χ1v) is 8.01. The molecule has 1 aliphatic rings. The Bertz CT molecular complexity index is 1100. The predicted octanol–water partition coefficient (Wildman–Crippen LogP) is 2.08. The molecular weight excluding hydrogens is 314 g/mol. The zero-order valence-electron chi connectivity index (χ0n) is 14.0. The number of rotatable bonds is 1. The van der Waals surface area contributed by atoms with E-state index in [1.165, 1.54) is 4.90 Å². The Morgan fingerprint density at radius 2 is 2.12 bits per heavy atom. The molecule has 0 spiro atoms. The Morgan fingerprint density at radius 1 is 1.28 bits per heavy atom. The molecule has 2 N–H and O–H groups in total. The molecule has 124 valence electrons. The lowest BCUT2D eigenvalue weighted by molar-refractivity contribution is -0.127. The van der Waals surface area contributed by atoms with Crippen molar-refractivity contribution in [3.63, 3.8) is 0 Å². The van der Waals surface area contributed by atoms with Crippen LogP contribution in [0.5, 0.6) is 0 Å². The van der Waals surface area contributed by atoms with Gasteiger partial charge in [-0.3, -0.25) is 14.1 Å². The molecule has 0 saturated heterocycles. The van der Waals surface area contributed by atoms with Crippen LogP contribution in [0.1, 0.15) is 30.5 Å². The minimum Gasteiger partial charge on any atom is -0.369 e. The number of aliphatic imine (C=N–C) groups is 1. The van der Waals surface area contributed by atoms with Gasteiger partial charge in [-0.25, -0.2) is 9.98 Å². The van der Waals surface area contributed by atoms with Gasteiger partial charge < -0.3 is 5.73 Å². The van der Waals surface area contributed by atoms with Crippen LogP contribution in [0.25, 0.3) is 16.7 Å². The Balaban J connectivity index is 1.86. The standard InChI is InChI=1S/C19H17N5O/c1-3-4-12-5-7-14-16(9-12)24-11-13(6-8-17(24)21-14)15-10-18(25)23(2)19(20)22-15/h5-9,11,15H,10H2,1-2H3,(H2,20,22). The molecule has 6 heteroatoms. The zero-order chi connectivity index (χ0) is 17.6. The van der Waals surface area contributed by atoms with Gasteiger partial charge in [0.15, 0.2) is 5.96 Å². The second kappa shape index (κ2) is 5.64. The molecule has 0 aliphatic carbocycles. The van der Waals surface area contributed by atoms with Gasteiger partial charge in [-0.1, -0.05) is 12.0 Å². The van der Waals surface area contributed by atoms with Crippen LogP contribution in [0, 0.1) is 11.8 Å². The average molecular weight is 331 g/mol. The molecule has 1 aliphatic heterocycles. The molecule has 1 atom stereocenters. The molecule has 0 bridgehead atoms. The third-order valence-electron chi connectivity index (χ3n) is 4.45. The maximum atomic E-state index is 12.1. The monoisotopic (exact) mass is 331 g/mol. The number of carbonyl (C=O) groups is 1. The maximum absolute atomic E-state index is 12.1. The van der Waals surface area contributed by atoms with E-state index in [-0.39, 0.29) is 17.9 Å². The number of benzene rings is 1. The van der Waals surface area contributed by atoms with Crippen LogP contribution in [0.2, 0.25) is 0 Å². The summed E-state index contributed by atoms with van der Waals surface area (Å²) in [6.07, 6.45) is 2.29. The molecule has 3 heterocycles. The van der Waals surface area contributed by atoms with Crippen LogP contribution in [0.15, 0.2) is 41.5 Å². The number of pyridine rings is 1. The van der Waals surface area contributed by atoms with Gasteiger partial charge in [-0.15, -0.1) is 5.92 Å². The summed E-state index contributed by atoms with van der Waals surface area (Å²) >= 11 is 0. The average Bonchev–Trinajstić information content (AvgIpc) is 2.97. The Morgan fingerprint density at radius 3 is 2.88 bits per heavy atom. The minimum atomic E-state index is -0.274. The van der Waals surface area contributed by atoms with Gasteiger partial charge in [0.1, 0.15) is 5.65 Å². The Kier molecular flexibility index (Phi) is 3.43. The quantitative estimate of drug-likeness (QED) is 0.694. The summed E-state index contributed by atoms with van der Waals surface area (Å²) in [6.45, 7) is 1.82. The van der Waals surface area contributed by atoms with E-state index < -0.39 is 0 Å². The van der Waals surface area contributed by atoms with E-state index in [0.717, 1.165) is 27.8 Å². The summed E-state index contributed by atoms with van der Waals surface area (Å²) in [7, 11) is 1.64. The second-order valence-corrected chi connectivity index (χ2v) is 6.04.